The second-order valence-electron chi connectivity index (χ2n) is 17.2. The first-order valence-corrected chi connectivity index (χ1v) is 24.4. The van der Waals surface area contributed by atoms with Gasteiger partial charge in [-0.05, 0) is 25.2 Å². The Kier molecular flexibility index (Phi) is 42.3. The van der Waals surface area contributed by atoms with Crippen molar-refractivity contribution in [2.24, 2.45) is 5.92 Å². The summed E-state index contributed by atoms with van der Waals surface area (Å²) in [5.41, 5.74) is 0. The number of carbonyl (C=O) groups is 3. The van der Waals surface area contributed by atoms with Crippen molar-refractivity contribution >= 4 is 17.9 Å². The highest BCUT2D eigenvalue weighted by molar-refractivity contribution is 5.71. The molecule has 0 aliphatic heterocycles. The molecule has 0 aromatic heterocycles. The molecule has 0 rings (SSSR count). The molecule has 326 valence electrons. The number of esters is 3. The summed E-state index contributed by atoms with van der Waals surface area (Å²) in [6.07, 6.45) is 43.8. The quantitative estimate of drug-likeness (QED) is 0.0348. The molecule has 55 heavy (non-hydrogen) atoms. The fourth-order valence-electron chi connectivity index (χ4n) is 7.33. The van der Waals surface area contributed by atoms with E-state index in [0.717, 1.165) is 63.7 Å². The highest BCUT2D eigenvalue weighted by atomic mass is 16.6. The second-order valence-corrected chi connectivity index (χ2v) is 17.2. The lowest BCUT2D eigenvalue weighted by atomic mass is 10.0. The predicted octanol–water partition coefficient (Wildman–Crippen LogP) is 15.5. The van der Waals surface area contributed by atoms with Gasteiger partial charge in [-0.25, -0.2) is 0 Å². The molecule has 6 heteroatoms. The van der Waals surface area contributed by atoms with Crippen LogP contribution in [0.2, 0.25) is 0 Å². The SMILES string of the molecule is CCCCCCCCCCCCCCCCCCC(=O)OC[C@H](COC(=O)CCCCCCCCCCC)OC(=O)CCCCCCCCCCCC(C)C. The van der Waals surface area contributed by atoms with Crippen LogP contribution in [0.5, 0.6) is 0 Å². The fourth-order valence-corrected chi connectivity index (χ4v) is 7.33. The maximum Gasteiger partial charge on any atom is 0.306 e. The Morgan fingerprint density at radius 1 is 0.345 bits per heavy atom. The topological polar surface area (TPSA) is 78.9 Å². The zero-order chi connectivity index (χ0) is 40.3. The minimum atomic E-state index is -0.759. The van der Waals surface area contributed by atoms with Gasteiger partial charge >= 0.3 is 17.9 Å². The van der Waals surface area contributed by atoms with Crippen LogP contribution < -0.4 is 0 Å². The van der Waals surface area contributed by atoms with E-state index in [9.17, 15) is 14.4 Å². The molecule has 0 N–H and O–H groups in total. The van der Waals surface area contributed by atoms with Crippen molar-refractivity contribution in [3.63, 3.8) is 0 Å². The molecular weight excluding hydrogens is 685 g/mol. The van der Waals surface area contributed by atoms with E-state index in [1.54, 1.807) is 0 Å². The summed E-state index contributed by atoms with van der Waals surface area (Å²) < 4.78 is 16.7. The molecule has 0 saturated heterocycles. The summed E-state index contributed by atoms with van der Waals surface area (Å²) in [5, 5.41) is 0. The third kappa shape index (κ3) is 43.4. The van der Waals surface area contributed by atoms with Crippen LogP contribution in [0, 0.1) is 5.92 Å². The van der Waals surface area contributed by atoms with Crippen molar-refractivity contribution in [3.05, 3.63) is 0 Å². The molecule has 0 radical (unpaired) electrons. The number of ether oxygens (including phenoxy) is 3. The Hall–Kier alpha value is -1.59. The first-order chi connectivity index (χ1) is 26.9. The van der Waals surface area contributed by atoms with Gasteiger partial charge in [-0.2, -0.15) is 0 Å². The molecule has 0 aliphatic rings. The largest absolute Gasteiger partial charge is 0.462 e. The zero-order valence-corrected chi connectivity index (χ0v) is 37.4. The molecule has 0 saturated carbocycles. The Morgan fingerprint density at radius 2 is 0.600 bits per heavy atom. The van der Waals surface area contributed by atoms with Gasteiger partial charge in [-0.3, -0.25) is 14.4 Å². The van der Waals surface area contributed by atoms with Crippen molar-refractivity contribution in [1.29, 1.82) is 0 Å². The van der Waals surface area contributed by atoms with Crippen molar-refractivity contribution < 1.29 is 28.6 Å². The molecule has 0 aromatic rings. The van der Waals surface area contributed by atoms with Crippen LogP contribution in [-0.4, -0.2) is 37.2 Å². The number of hydrogen-bond acceptors (Lipinski definition) is 6. The van der Waals surface area contributed by atoms with E-state index in [2.05, 4.69) is 27.7 Å². The first kappa shape index (κ1) is 53.4. The van der Waals surface area contributed by atoms with Crippen LogP contribution in [0.4, 0.5) is 0 Å². The number of unbranched alkanes of at least 4 members (excludes halogenated alkanes) is 31. The third-order valence-corrected chi connectivity index (χ3v) is 11.0. The summed E-state index contributed by atoms with van der Waals surface area (Å²) in [6.45, 7) is 8.97. The monoisotopic (exact) mass is 779 g/mol. The summed E-state index contributed by atoms with van der Waals surface area (Å²) in [7, 11) is 0. The lowest BCUT2D eigenvalue weighted by Crippen LogP contribution is -2.30. The van der Waals surface area contributed by atoms with Crippen molar-refractivity contribution in [3.8, 4) is 0 Å². The van der Waals surface area contributed by atoms with Crippen LogP contribution in [0.15, 0.2) is 0 Å². The van der Waals surface area contributed by atoms with E-state index in [0.29, 0.717) is 19.3 Å². The summed E-state index contributed by atoms with van der Waals surface area (Å²) in [5.74, 6) is -0.0467. The smallest absolute Gasteiger partial charge is 0.306 e. The number of rotatable bonds is 44. The average molecular weight is 779 g/mol. The van der Waals surface area contributed by atoms with E-state index in [-0.39, 0.29) is 31.1 Å². The van der Waals surface area contributed by atoms with Crippen molar-refractivity contribution in [1.82, 2.24) is 0 Å². The lowest BCUT2D eigenvalue weighted by molar-refractivity contribution is -0.167. The molecule has 0 bridgehead atoms. The molecule has 1 atom stereocenters. The van der Waals surface area contributed by atoms with E-state index in [1.807, 2.05) is 0 Å². The van der Waals surface area contributed by atoms with Crippen LogP contribution in [-0.2, 0) is 28.6 Å². The van der Waals surface area contributed by atoms with Gasteiger partial charge in [0.05, 0.1) is 0 Å². The van der Waals surface area contributed by atoms with E-state index in [1.165, 1.54) is 167 Å². The normalized spacial score (nSPS) is 11.9. The van der Waals surface area contributed by atoms with Gasteiger partial charge in [0.25, 0.3) is 0 Å². The Labute approximate surface area is 342 Å². The average Bonchev–Trinajstić information content (AvgIpc) is 3.17. The van der Waals surface area contributed by atoms with Gasteiger partial charge in [-0.15, -0.1) is 0 Å². The molecule has 0 fully saturated rings. The Bertz CT molecular complexity index is 826. The molecule has 0 spiro atoms. The van der Waals surface area contributed by atoms with Gasteiger partial charge in [-0.1, -0.05) is 233 Å². The lowest BCUT2D eigenvalue weighted by Gasteiger charge is -2.18. The fraction of sp³-hybridized carbons (Fsp3) is 0.939. The molecule has 0 unspecified atom stereocenters. The molecule has 0 heterocycles. The summed E-state index contributed by atoms with van der Waals surface area (Å²) in [4.78, 5) is 37.7. The number of hydrogen-bond donors (Lipinski definition) is 0. The highest BCUT2D eigenvalue weighted by Crippen LogP contribution is 2.16. The van der Waals surface area contributed by atoms with Gasteiger partial charge in [0.2, 0.25) is 0 Å². The zero-order valence-electron chi connectivity index (χ0n) is 37.4. The van der Waals surface area contributed by atoms with Crippen molar-refractivity contribution in [2.45, 2.75) is 278 Å². The van der Waals surface area contributed by atoms with Crippen LogP contribution >= 0.6 is 0 Å². The minimum Gasteiger partial charge on any atom is -0.462 e. The second kappa shape index (κ2) is 43.5. The van der Waals surface area contributed by atoms with Gasteiger partial charge in [0, 0.05) is 19.3 Å². The first-order valence-electron chi connectivity index (χ1n) is 24.4. The maximum atomic E-state index is 12.7. The summed E-state index contributed by atoms with van der Waals surface area (Å²) >= 11 is 0. The molecule has 6 nitrogen and oxygen atoms in total. The minimum absolute atomic E-state index is 0.0636. The van der Waals surface area contributed by atoms with E-state index in [4.69, 9.17) is 14.2 Å². The van der Waals surface area contributed by atoms with Gasteiger partial charge < -0.3 is 14.2 Å². The Balaban J connectivity index is 4.27. The van der Waals surface area contributed by atoms with Gasteiger partial charge in [0.15, 0.2) is 6.10 Å². The summed E-state index contributed by atoms with van der Waals surface area (Å²) in [6, 6.07) is 0. The van der Waals surface area contributed by atoms with Crippen molar-refractivity contribution in [2.75, 3.05) is 13.2 Å². The predicted molar refractivity (Wildman–Crippen MR) is 233 cm³/mol. The molecule has 0 amide bonds. The third-order valence-electron chi connectivity index (χ3n) is 11.0. The molecular formula is C49H94O6. The van der Waals surface area contributed by atoms with E-state index < -0.39 is 6.10 Å². The van der Waals surface area contributed by atoms with Crippen LogP contribution in [0.1, 0.15) is 272 Å². The standard InChI is InChI=1S/C49H94O6/c1-5-7-9-11-13-15-16-17-18-19-20-21-25-29-33-37-41-48(51)54-44-46(43-53-47(50)40-36-32-28-23-14-12-10-8-6-2)55-49(52)42-38-34-30-26-22-24-27-31-35-39-45(3)4/h45-46H,5-44H2,1-4H3/t46-/m0/s1. The van der Waals surface area contributed by atoms with Crippen LogP contribution in [0.25, 0.3) is 0 Å². The van der Waals surface area contributed by atoms with Gasteiger partial charge in [0.1, 0.15) is 13.2 Å². The highest BCUT2D eigenvalue weighted by Gasteiger charge is 2.19. The molecule has 0 aromatic carbocycles. The van der Waals surface area contributed by atoms with E-state index >= 15 is 0 Å². The maximum absolute atomic E-state index is 12.7. The Morgan fingerprint density at radius 3 is 0.891 bits per heavy atom. The van der Waals surface area contributed by atoms with Crippen LogP contribution in [0.3, 0.4) is 0 Å². The number of carbonyl (C=O) groups excluding carboxylic acids is 3. The molecule has 0 aliphatic carbocycles.